The summed E-state index contributed by atoms with van der Waals surface area (Å²) >= 11 is 1.39. The Morgan fingerprint density at radius 1 is 1.07 bits per heavy atom. The van der Waals surface area contributed by atoms with Crippen molar-refractivity contribution < 1.29 is 23.9 Å². The highest BCUT2D eigenvalue weighted by molar-refractivity contribution is 7.10. The highest BCUT2D eigenvalue weighted by atomic mass is 32.1. The average Bonchev–Trinajstić information content (AvgIpc) is 3.73. The van der Waals surface area contributed by atoms with Crippen molar-refractivity contribution in [3.63, 3.8) is 0 Å². The number of likely N-dealkylation sites (tertiary alicyclic amines) is 1. The van der Waals surface area contributed by atoms with Crippen molar-refractivity contribution >= 4 is 34.9 Å². The molecule has 0 saturated carbocycles. The highest BCUT2D eigenvalue weighted by Crippen LogP contribution is 2.35. The maximum absolute atomic E-state index is 13.4. The molecule has 10 nitrogen and oxygen atoms in total. The van der Waals surface area contributed by atoms with E-state index in [-0.39, 0.29) is 43.2 Å². The summed E-state index contributed by atoms with van der Waals surface area (Å²) in [5.41, 5.74) is 8.46. The Balaban J connectivity index is 1.25. The van der Waals surface area contributed by atoms with E-state index < -0.39 is 17.7 Å². The lowest BCUT2D eigenvalue weighted by Crippen LogP contribution is -2.49. The van der Waals surface area contributed by atoms with Crippen LogP contribution in [0.2, 0.25) is 0 Å². The fourth-order valence-electron chi connectivity index (χ4n) is 4.97. The van der Waals surface area contributed by atoms with Gasteiger partial charge in [0.2, 0.25) is 11.8 Å². The van der Waals surface area contributed by atoms with Crippen LogP contribution in [0.5, 0.6) is 0 Å². The van der Waals surface area contributed by atoms with Crippen molar-refractivity contribution in [3.05, 3.63) is 82.0 Å². The fraction of sp³-hybridized carbons (Fsp3) is 0.310. The summed E-state index contributed by atoms with van der Waals surface area (Å²) in [5, 5.41) is 15.0. The van der Waals surface area contributed by atoms with E-state index in [4.69, 9.17) is 20.6 Å². The molecular formula is C29H31N5O5S. The molecule has 2 aliphatic heterocycles. The van der Waals surface area contributed by atoms with E-state index in [1.165, 1.54) is 16.2 Å². The van der Waals surface area contributed by atoms with E-state index in [2.05, 4.69) is 10.6 Å². The molecule has 40 heavy (non-hydrogen) atoms. The van der Waals surface area contributed by atoms with Crippen molar-refractivity contribution in [1.29, 1.82) is 5.41 Å². The van der Waals surface area contributed by atoms with E-state index in [0.29, 0.717) is 24.3 Å². The number of amidine groups is 1. The lowest BCUT2D eigenvalue weighted by molar-refractivity contribution is -0.152. The van der Waals surface area contributed by atoms with Crippen LogP contribution in [-0.4, -0.2) is 66.6 Å². The van der Waals surface area contributed by atoms with Crippen LogP contribution in [0.3, 0.4) is 0 Å². The van der Waals surface area contributed by atoms with Gasteiger partial charge in [-0.1, -0.05) is 42.5 Å². The molecule has 5 N–H and O–H groups in total. The van der Waals surface area contributed by atoms with Gasteiger partial charge in [-0.25, -0.2) is 0 Å². The number of thiophene rings is 1. The fourth-order valence-corrected chi connectivity index (χ4v) is 5.89. The summed E-state index contributed by atoms with van der Waals surface area (Å²) in [6.45, 7) is 2.40. The number of nitrogen functional groups attached to an aromatic ring is 1. The van der Waals surface area contributed by atoms with Crippen LogP contribution in [0.25, 0.3) is 11.1 Å². The molecule has 2 atom stereocenters. The number of hydrogen-bond acceptors (Lipinski definition) is 7. The maximum atomic E-state index is 13.4. The summed E-state index contributed by atoms with van der Waals surface area (Å²) in [6.07, 6.45) is 0.188. The van der Waals surface area contributed by atoms with Crippen LogP contribution in [0.1, 0.15) is 40.2 Å². The zero-order chi connectivity index (χ0) is 28.3. The van der Waals surface area contributed by atoms with E-state index in [0.717, 1.165) is 16.0 Å². The van der Waals surface area contributed by atoms with Gasteiger partial charge in [-0.05, 0) is 36.2 Å². The molecule has 0 bridgehead atoms. The summed E-state index contributed by atoms with van der Waals surface area (Å²) in [6, 6.07) is 17.5. The molecule has 5 rings (SSSR count). The predicted octanol–water partition coefficient (Wildman–Crippen LogP) is 2.65. The van der Waals surface area contributed by atoms with Crippen LogP contribution in [-0.2, 0) is 19.1 Å². The Morgan fingerprint density at radius 3 is 2.50 bits per heavy atom. The van der Waals surface area contributed by atoms with Gasteiger partial charge in [0.25, 0.3) is 5.91 Å². The standard InChI is InChI=1S/C29H31N5O5S/c1-18(24-13-22(16-40-24)26(30)31)33-28(37)23-14-29(38-10-11-39-29)17-34(23)25(35)15-32-27(36)21-9-5-8-20(12-21)19-6-3-2-4-7-19/h2-9,12-13,16,18,23H,10-11,14-15,17H2,1H3,(H3,30,31)(H,32,36)(H,33,37)/t18-,23?/m1/s1. The normalized spacial score (nSPS) is 18.4. The zero-order valence-electron chi connectivity index (χ0n) is 22.0. The minimum absolute atomic E-state index is 0.0418. The SMILES string of the molecule is C[C@@H](NC(=O)C1CC2(CN1C(=O)CNC(=O)c1cccc(-c3ccccc3)c1)OCCO2)c1cc(C(=N)N)cs1. The number of ether oxygens (including phenoxy) is 2. The molecule has 2 fully saturated rings. The number of carbonyl (C=O) groups excluding carboxylic acids is 3. The van der Waals surface area contributed by atoms with Crippen LogP contribution in [0.15, 0.2) is 66.0 Å². The molecule has 2 aliphatic rings. The number of benzene rings is 2. The molecule has 0 aliphatic carbocycles. The zero-order valence-corrected chi connectivity index (χ0v) is 22.8. The first-order valence-corrected chi connectivity index (χ1v) is 13.9. The third kappa shape index (κ3) is 5.91. The van der Waals surface area contributed by atoms with E-state index >= 15 is 0 Å². The average molecular weight is 562 g/mol. The van der Waals surface area contributed by atoms with Gasteiger partial charge >= 0.3 is 0 Å². The molecule has 1 spiro atoms. The molecule has 11 heteroatoms. The van der Waals surface area contributed by atoms with Gasteiger partial charge in [0.05, 0.1) is 32.3 Å². The van der Waals surface area contributed by atoms with Crippen molar-refractivity contribution in [2.75, 3.05) is 26.3 Å². The molecule has 3 heterocycles. The molecular weight excluding hydrogens is 530 g/mol. The first kappa shape index (κ1) is 27.5. The molecule has 3 amide bonds. The lowest BCUT2D eigenvalue weighted by Gasteiger charge is -2.25. The quantitative estimate of drug-likeness (QED) is 0.246. The maximum Gasteiger partial charge on any atom is 0.251 e. The predicted molar refractivity (Wildman–Crippen MR) is 151 cm³/mol. The molecule has 3 aromatic rings. The second-order valence-corrected chi connectivity index (χ2v) is 10.8. The van der Waals surface area contributed by atoms with Gasteiger partial charge in [0.1, 0.15) is 11.9 Å². The Bertz CT molecular complexity index is 1420. The number of nitrogens with one attached hydrogen (secondary N) is 3. The third-order valence-electron chi connectivity index (χ3n) is 7.08. The van der Waals surface area contributed by atoms with E-state index in [1.54, 1.807) is 29.6 Å². The van der Waals surface area contributed by atoms with Gasteiger partial charge in [-0.3, -0.25) is 19.8 Å². The van der Waals surface area contributed by atoms with Gasteiger partial charge in [-0.2, -0.15) is 0 Å². The Morgan fingerprint density at radius 2 is 1.80 bits per heavy atom. The van der Waals surface area contributed by atoms with Gasteiger partial charge in [0.15, 0.2) is 5.79 Å². The van der Waals surface area contributed by atoms with E-state index in [9.17, 15) is 14.4 Å². The van der Waals surface area contributed by atoms with Crippen molar-refractivity contribution in [3.8, 4) is 11.1 Å². The monoisotopic (exact) mass is 561 g/mol. The van der Waals surface area contributed by atoms with Crippen LogP contribution in [0.4, 0.5) is 0 Å². The molecule has 1 aromatic heterocycles. The third-order valence-corrected chi connectivity index (χ3v) is 8.19. The number of amides is 3. The first-order chi connectivity index (χ1) is 19.2. The van der Waals surface area contributed by atoms with Gasteiger partial charge < -0.3 is 30.7 Å². The lowest BCUT2D eigenvalue weighted by atomic mass is 10.0. The van der Waals surface area contributed by atoms with Crippen molar-refractivity contribution in [1.82, 2.24) is 15.5 Å². The molecule has 1 unspecified atom stereocenters. The van der Waals surface area contributed by atoms with E-state index in [1.807, 2.05) is 43.3 Å². The highest BCUT2D eigenvalue weighted by Gasteiger charge is 2.52. The summed E-state index contributed by atoms with van der Waals surface area (Å²) < 4.78 is 11.6. The molecule has 2 saturated heterocycles. The largest absolute Gasteiger partial charge is 0.384 e. The Labute approximate surface area is 236 Å². The van der Waals surface area contributed by atoms with Crippen LogP contribution in [0, 0.1) is 5.41 Å². The van der Waals surface area contributed by atoms with Gasteiger partial charge in [-0.15, -0.1) is 11.3 Å². The molecule has 0 radical (unpaired) electrons. The number of nitrogens with zero attached hydrogens (tertiary/aromatic N) is 1. The number of rotatable bonds is 8. The van der Waals surface area contributed by atoms with Crippen LogP contribution >= 0.6 is 11.3 Å². The smallest absolute Gasteiger partial charge is 0.251 e. The summed E-state index contributed by atoms with van der Waals surface area (Å²) in [7, 11) is 0. The first-order valence-electron chi connectivity index (χ1n) is 13.0. The van der Waals surface area contributed by atoms with Crippen molar-refractivity contribution in [2.24, 2.45) is 5.73 Å². The Kier molecular flexibility index (Phi) is 7.97. The van der Waals surface area contributed by atoms with Crippen molar-refractivity contribution in [2.45, 2.75) is 31.2 Å². The Hall–Kier alpha value is -4.06. The molecule has 2 aromatic carbocycles. The van der Waals surface area contributed by atoms with Crippen LogP contribution < -0.4 is 16.4 Å². The second-order valence-electron chi connectivity index (χ2n) is 9.86. The molecule has 208 valence electrons. The minimum atomic E-state index is -1.04. The topological polar surface area (TPSA) is 147 Å². The number of nitrogens with two attached hydrogens (primary N) is 1. The number of hydrogen-bond donors (Lipinski definition) is 4. The number of carbonyl (C=O) groups is 3. The summed E-state index contributed by atoms with van der Waals surface area (Å²) in [4.78, 5) is 41.9. The summed E-state index contributed by atoms with van der Waals surface area (Å²) in [5.74, 6) is -2.23. The van der Waals surface area contributed by atoms with Gasteiger partial charge in [0, 0.05) is 27.8 Å². The second kappa shape index (κ2) is 11.6. The minimum Gasteiger partial charge on any atom is -0.384 e.